The minimum atomic E-state index is -4.36. The number of nitrogens with zero attached hydrogens (tertiary/aromatic N) is 2. The molecule has 3 nitrogen and oxygen atoms in total. The second-order valence-electron chi connectivity index (χ2n) is 6.78. The van der Waals surface area contributed by atoms with Crippen LogP contribution in [0.2, 0.25) is 0 Å². The zero-order valence-corrected chi connectivity index (χ0v) is 15.1. The number of alkyl halides is 4. The first-order chi connectivity index (χ1) is 13.4. The number of benzene rings is 2. The van der Waals surface area contributed by atoms with Gasteiger partial charge >= 0.3 is 6.18 Å². The Morgan fingerprint density at radius 3 is 2.32 bits per heavy atom. The van der Waals surface area contributed by atoms with E-state index in [-0.39, 0.29) is 18.6 Å². The highest BCUT2D eigenvalue weighted by molar-refractivity contribution is 5.52. The van der Waals surface area contributed by atoms with Crippen LogP contribution in [0.25, 0.3) is 0 Å². The monoisotopic (exact) mass is 392 g/mol. The molecule has 1 aliphatic heterocycles. The van der Waals surface area contributed by atoms with Crippen molar-refractivity contribution >= 4 is 5.69 Å². The van der Waals surface area contributed by atoms with Crippen molar-refractivity contribution in [1.29, 1.82) is 5.26 Å². The van der Waals surface area contributed by atoms with Gasteiger partial charge in [0.15, 0.2) is 0 Å². The quantitative estimate of drug-likeness (QED) is 0.517. The Balaban J connectivity index is 1.79. The first-order valence-corrected chi connectivity index (χ1v) is 9.00. The van der Waals surface area contributed by atoms with Crippen molar-refractivity contribution in [1.82, 2.24) is 0 Å². The highest BCUT2D eigenvalue weighted by atomic mass is 19.4. The molecule has 148 valence electrons. The van der Waals surface area contributed by atoms with Gasteiger partial charge in [0.1, 0.15) is 6.67 Å². The highest BCUT2D eigenvalue weighted by Crippen LogP contribution is 2.37. The lowest BCUT2D eigenvalue weighted by molar-refractivity contribution is -0.137. The van der Waals surface area contributed by atoms with Gasteiger partial charge in [0.05, 0.1) is 36.5 Å². The standard InChI is InChI=1S/C21H20F4N2O/c22-9-10-28-14-20-11-17(16-3-5-18(6-4-16)21(23,24)25)13-27(20)19-7-1-15(12-26)2-8-19/h1-8,17,20H,9-11,13-14H2/t17?,20-/m0/s1. The lowest BCUT2D eigenvalue weighted by Gasteiger charge is -2.26. The molecule has 0 bridgehead atoms. The molecule has 2 aromatic carbocycles. The normalized spacial score (nSPS) is 19.6. The molecule has 0 radical (unpaired) electrons. The first-order valence-electron chi connectivity index (χ1n) is 9.00. The second-order valence-corrected chi connectivity index (χ2v) is 6.78. The zero-order chi connectivity index (χ0) is 20.1. The van der Waals surface area contributed by atoms with Gasteiger partial charge in [-0.25, -0.2) is 4.39 Å². The minimum absolute atomic E-state index is 0.0165. The van der Waals surface area contributed by atoms with Gasteiger partial charge in [-0.2, -0.15) is 18.4 Å². The van der Waals surface area contributed by atoms with E-state index in [2.05, 4.69) is 11.0 Å². The summed E-state index contributed by atoms with van der Waals surface area (Å²) in [5.41, 5.74) is 1.62. The molecule has 28 heavy (non-hydrogen) atoms. The molecule has 0 N–H and O–H groups in total. The minimum Gasteiger partial charge on any atom is -0.377 e. The van der Waals surface area contributed by atoms with Crippen LogP contribution in [0, 0.1) is 11.3 Å². The molecular weight excluding hydrogens is 372 g/mol. The molecule has 0 saturated carbocycles. The van der Waals surface area contributed by atoms with Gasteiger partial charge in [-0.1, -0.05) is 12.1 Å². The number of hydrogen-bond donors (Lipinski definition) is 0. The summed E-state index contributed by atoms with van der Waals surface area (Å²) in [5, 5.41) is 8.96. The molecule has 0 amide bonds. The maximum atomic E-state index is 12.8. The van der Waals surface area contributed by atoms with Gasteiger partial charge in [-0.05, 0) is 48.4 Å². The molecule has 0 aliphatic carbocycles. The SMILES string of the molecule is N#Cc1ccc(N2CC(c3ccc(C(F)(F)F)cc3)C[C@H]2COCCF)cc1. The number of rotatable bonds is 6. The first kappa shape index (κ1) is 20.2. The highest BCUT2D eigenvalue weighted by Gasteiger charge is 2.34. The van der Waals surface area contributed by atoms with Crippen molar-refractivity contribution in [2.45, 2.75) is 24.6 Å². The van der Waals surface area contributed by atoms with Crippen LogP contribution in [0.4, 0.5) is 23.2 Å². The van der Waals surface area contributed by atoms with E-state index in [9.17, 15) is 17.6 Å². The van der Waals surface area contributed by atoms with Crippen LogP contribution in [0.1, 0.15) is 29.0 Å². The summed E-state index contributed by atoms with van der Waals surface area (Å²) in [6.45, 7) is 0.399. The topological polar surface area (TPSA) is 36.3 Å². The molecule has 0 spiro atoms. The van der Waals surface area contributed by atoms with E-state index in [1.807, 2.05) is 12.1 Å². The van der Waals surface area contributed by atoms with Gasteiger partial charge in [-0.3, -0.25) is 0 Å². The van der Waals surface area contributed by atoms with E-state index in [1.54, 1.807) is 12.1 Å². The predicted octanol–water partition coefficient (Wildman–Crippen LogP) is 4.93. The van der Waals surface area contributed by atoms with Crippen LogP contribution in [0.5, 0.6) is 0 Å². The maximum absolute atomic E-state index is 12.8. The van der Waals surface area contributed by atoms with E-state index in [0.29, 0.717) is 25.1 Å². The molecule has 3 rings (SSSR count). The molecule has 2 aromatic rings. The number of hydrogen-bond acceptors (Lipinski definition) is 3. The van der Waals surface area contributed by atoms with Gasteiger partial charge in [0, 0.05) is 18.2 Å². The fourth-order valence-electron chi connectivity index (χ4n) is 3.58. The van der Waals surface area contributed by atoms with Crippen LogP contribution >= 0.6 is 0 Å². The maximum Gasteiger partial charge on any atom is 0.416 e. The second kappa shape index (κ2) is 8.61. The average molecular weight is 392 g/mol. The van der Waals surface area contributed by atoms with Crippen LogP contribution in [-0.4, -0.2) is 32.5 Å². The molecule has 2 atom stereocenters. The molecule has 7 heteroatoms. The predicted molar refractivity (Wildman–Crippen MR) is 97.9 cm³/mol. The Morgan fingerprint density at radius 2 is 1.75 bits per heavy atom. The van der Waals surface area contributed by atoms with E-state index in [4.69, 9.17) is 10.00 Å². The summed E-state index contributed by atoms with van der Waals surface area (Å²) in [6.07, 6.45) is -3.66. The lowest BCUT2D eigenvalue weighted by Crippen LogP contribution is -2.33. The van der Waals surface area contributed by atoms with Crippen molar-refractivity contribution in [3.8, 4) is 6.07 Å². The molecule has 1 heterocycles. The van der Waals surface area contributed by atoms with Gasteiger partial charge in [-0.15, -0.1) is 0 Å². The largest absolute Gasteiger partial charge is 0.416 e. The summed E-state index contributed by atoms with van der Waals surface area (Å²) in [5.74, 6) is 0.0388. The number of nitriles is 1. The number of ether oxygens (including phenoxy) is 1. The summed E-state index contributed by atoms with van der Waals surface area (Å²) < 4.78 is 56.2. The van der Waals surface area contributed by atoms with Gasteiger partial charge in [0.2, 0.25) is 0 Å². The molecule has 1 fully saturated rings. The third-order valence-electron chi connectivity index (χ3n) is 4.98. The Hall–Kier alpha value is -2.59. The Kier molecular flexibility index (Phi) is 6.20. The molecule has 1 unspecified atom stereocenters. The average Bonchev–Trinajstić information content (AvgIpc) is 3.12. The van der Waals surface area contributed by atoms with E-state index in [1.165, 1.54) is 12.1 Å². The third kappa shape index (κ3) is 4.63. The third-order valence-corrected chi connectivity index (χ3v) is 4.98. The van der Waals surface area contributed by atoms with E-state index >= 15 is 0 Å². The Bertz CT molecular complexity index is 812. The van der Waals surface area contributed by atoms with Crippen LogP contribution < -0.4 is 4.90 Å². The fraction of sp³-hybridized carbons (Fsp3) is 0.381. The van der Waals surface area contributed by atoms with Crippen LogP contribution in [0.3, 0.4) is 0 Å². The summed E-state index contributed by atoms with van der Waals surface area (Å²) >= 11 is 0. The molecule has 1 saturated heterocycles. The van der Waals surface area contributed by atoms with E-state index < -0.39 is 18.4 Å². The Labute approximate surface area is 161 Å². The lowest BCUT2D eigenvalue weighted by atomic mass is 9.95. The Morgan fingerprint density at radius 1 is 1.07 bits per heavy atom. The van der Waals surface area contributed by atoms with Crippen molar-refractivity contribution in [3.63, 3.8) is 0 Å². The smallest absolute Gasteiger partial charge is 0.377 e. The molecular formula is C21H20F4N2O. The van der Waals surface area contributed by atoms with Crippen molar-refractivity contribution in [2.75, 3.05) is 31.3 Å². The van der Waals surface area contributed by atoms with Crippen LogP contribution in [-0.2, 0) is 10.9 Å². The zero-order valence-electron chi connectivity index (χ0n) is 15.1. The molecule has 1 aliphatic rings. The fourth-order valence-corrected chi connectivity index (χ4v) is 3.58. The van der Waals surface area contributed by atoms with Crippen molar-refractivity contribution in [2.24, 2.45) is 0 Å². The molecule has 0 aromatic heterocycles. The number of halogens is 4. The van der Waals surface area contributed by atoms with Crippen molar-refractivity contribution in [3.05, 3.63) is 65.2 Å². The van der Waals surface area contributed by atoms with Crippen LogP contribution in [0.15, 0.2) is 48.5 Å². The number of anilines is 1. The van der Waals surface area contributed by atoms with Crippen molar-refractivity contribution < 1.29 is 22.3 Å². The van der Waals surface area contributed by atoms with E-state index in [0.717, 1.165) is 23.4 Å². The summed E-state index contributed by atoms with van der Waals surface area (Å²) in [7, 11) is 0. The summed E-state index contributed by atoms with van der Waals surface area (Å²) in [6, 6.07) is 14.4. The van der Waals surface area contributed by atoms with Gasteiger partial charge in [0.25, 0.3) is 0 Å². The van der Waals surface area contributed by atoms with Gasteiger partial charge < -0.3 is 9.64 Å². The summed E-state index contributed by atoms with van der Waals surface area (Å²) in [4.78, 5) is 2.11.